The zero-order valence-corrected chi connectivity index (χ0v) is 16.7. The summed E-state index contributed by atoms with van der Waals surface area (Å²) in [6, 6.07) is 7.36. The average Bonchev–Trinajstić information content (AvgIpc) is 3.27. The van der Waals surface area contributed by atoms with Gasteiger partial charge < -0.3 is 0 Å². The quantitative estimate of drug-likeness (QED) is 0.636. The van der Waals surface area contributed by atoms with Crippen LogP contribution in [0, 0.1) is 12.8 Å². The standard InChI is InChI=1S/C19H17N3O4S2/c1-11-2-4-12(5-3-11)14-7-27-18-17(14)19(24)21(10-20-18)22-15-9-28(25,26)8-13(15)6-16(22)23/h2-5,7,10,13,15H,6,8-9H2,1H3. The maximum absolute atomic E-state index is 13.3. The Hall–Kier alpha value is -2.52. The highest BCUT2D eigenvalue weighted by Crippen LogP contribution is 2.34. The predicted molar refractivity (Wildman–Crippen MR) is 108 cm³/mol. The van der Waals surface area contributed by atoms with Gasteiger partial charge in [-0.2, -0.15) is 0 Å². The van der Waals surface area contributed by atoms with Gasteiger partial charge in [0, 0.05) is 23.3 Å². The number of benzene rings is 1. The van der Waals surface area contributed by atoms with Crippen LogP contribution in [0.15, 0.2) is 40.8 Å². The minimum atomic E-state index is -3.20. The van der Waals surface area contributed by atoms with Crippen molar-refractivity contribution in [3.8, 4) is 11.1 Å². The molecule has 0 saturated carbocycles. The first-order valence-corrected chi connectivity index (χ1v) is 11.6. The maximum Gasteiger partial charge on any atom is 0.281 e. The second-order valence-electron chi connectivity index (χ2n) is 7.44. The first-order chi connectivity index (χ1) is 13.3. The van der Waals surface area contributed by atoms with Crippen LogP contribution < -0.4 is 10.6 Å². The molecule has 0 aliphatic carbocycles. The first-order valence-electron chi connectivity index (χ1n) is 8.93. The summed E-state index contributed by atoms with van der Waals surface area (Å²) in [5, 5.41) is 3.65. The van der Waals surface area contributed by atoms with Crippen LogP contribution in [0.2, 0.25) is 0 Å². The first kappa shape index (κ1) is 17.6. The summed E-state index contributed by atoms with van der Waals surface area (Å²) < 4.78 is 25.2. The van der Waals surface area contributed by atoms with Crippen LogP contribution in [0.5, 0.6) is 0 Å². The van der Waals surface area contributed by atoms with E-state index in [-0.39, 0.29) is 35.3 Å². The molecule has 144 valence electrons. The number of carbonyl (C=O) groups is 1. The van der Waals surface area contributed by atoms with E-state index >= 15 is 0 Å². The van der Waals surface area contributed by atoms with Gasteiger partial charge >= 0.3 is 0 Å². The number of sulfone groups is 1. The van der Waals surface area contributed by atoms with Crippen molar-refractivity contribution in [1.29, 1.82) is 0 Å². The number of fused-ring (bicyclic) bond motifs is 2. The van der Waals surface area contributed by atoms with Crippen molar-refractivity contribution in [2.75, 3.05) is 16.5 Å². The Bertz CT molecular complexity index is 1270. The van der Waals surface area contributed by atoms with E-state index in [4.69, 9.17) is 0 Å². The smallest absolute Gasteiger partial charge is 0.273 e. The molecule has 2 aliphatic rings. The van der Waals surface area contributed by atoms with Gasteiger partial charge in [-0.1, -0.05) is 29.8 Å². The van der Waals surface area contributed by atoms with E-state index in [0.717, 1.165) is 16.7 Å². The predicted octanol–water partition coefficient (Wildman–Crippen LogP) is 1.71. The molecular formula is C19H17N3O4S2. The largest absolute Gasteiger partial charge is 0.281 e. The Morgan fingerprint density at radius 3 is 2.64 bits per heavy atom. The fraction of sp³-hybridized carbons (Fsp3) is 0.316. The number of nitrogens with zero attached hydrogens (tertiary/aromatic N) is 3. The molecule has 1 amide bonds. The van der Waals surface area contributed by atoms with Crippen molar-refractivity contribution >= 4 is 37.3 Å². The number of amides is 1. The Kier molecular flexibility index (Phi) is 3.76. The van der Waals surface area contributed by atoms with Crippen LogP contribution in [-0.2, 0) is 14.6 Å². The second-order valence-corrected chi connectivity index (χ2v) is 10.4. The monoisotopic (exact) mass is 415 g/mol. The van der Waals surface area contributed by atoms with E-state index in [9.17, 15) is 18.0 Å². The minimum Gasteiger partial charge on any atom is -0.273 e. The molecule has 2 saturated heterocycles. The highest BCUT2D eigenvalue weighted by Gasteiger charge is 2.50. The molecule has 2 atom stereocenters. The fourth-order valence-corrected chi connectivity index (χ4v) is 7.14. The lowest BCUT2D eigenvalue weighted by Crippen LogP contribution is -2.49. The molecule has 1 aromatic carbocycles. The number of rotatable bonds is 2. The van der Waals surface area contributed by atoms with E-state index in [1.165, 1.54) is 27.3 Å². The van der Waals surface area contributed by atoms with Crippen molar-refractivity contribution < 1.29 is 13.2 Å². The van der Waals surface area contributed by atoms with Gasteiger partial charge in [0.1, 0.15) is 11.2 Å². The van der Waals surface area contributed by atoms with Gasteiger partial charge in [0.05, 0.1) is 22.9 Å². The maximum atomic E-state index is 13.3. The lowest BCUT2D eigenvalue weighted by Gasteiger charge is -2.24. The van der Waals surface area contributed by atoms with Gasteiger partial charge in [0.2, 0.25) is 5.91 Å². The van der Waals surface area contributed by atoms with Crippen LogP contribution in [0.4, 0.5) is 0 Å². The molecule has 0 N–H and O–H groups in total. The van der Waals surface area contributed by atoms with Crippen molar-refractivity contribution in [2.45, 2.75) is 19.4 Å². The number of thiophene rings is 1. The van der Waals surface area contributed by atoms with Crippen LogP contribution in [0.1, 0.15) is 12.0 Å². The minimum absolute atomic E-state index is 0.00258. The SMILES string of the molecule is Cc1ccc(-c2csc3ncn(N4C(=O)CC5CS(=O)(=O)CC54)c(=O)c23)cc1. The number of hydrogen-bond acceptors (Lipinski definition) is 6. The summed E-state index contributed by atoms with van der Waals surface area (Å²) in [4.78, 5) is 30.9. The Morgan fingerprint density at radius 2 is 1.89 bits per heavy atom. The molecule has 0 spiro atoms. The van der Waals surface area contributed by atoms with E-state index in [2.05, 4.69) is 4.98 Å². The van der Waals surface area contributed by atoms with Crippen LogP contribution in [0.25, 0.3) is 21.3 Å². The molecule has 3 aromatic rings. The molecule has 9 heteroatoms. The van der Waals surface area contributed by atoms with Gasteiger partial charge in [0.15, 0.2) is 9.84 Å². The molecule has 5 rings (SSSR count). The van der Waals surface area contributed by atoms with E-state index in [0.29, 0.717) is 10.2 Å². The summed E-state index contributed by atoms with van der Waals surface area (Å²) in [7, 11) is -3.20. The van der Waals surface area contributed by atoms with Gasteiger partial charge in [-0.25, -0.2) is 23.1 Å². The third-order valence-corrected chi connectivity index (χ3v) is 8.19. The molecule has 2 aromatic heterocycles. The molecule has 0 radical (unpaired) electrons. The highest BCUT2D eigenvalue weighted by atomic mass is 32.2. The number of hydrogen-bond donors (Lipinski definition) is 0. The van der Waals surface area contributed by atoms with E-state index < -0.39 is 15.9 Å². The lowest BCUT2D eigenvalue weighted by molar-refractivity contribution is -0.118. The van der Waals surface area contributed by atoms with Crippen LogP contribution in [0.3, 0.4) is 0 Å². The molecule has 2 unspecified atom stereocenters. The summed E-state index contributed by atoms with van der Waals surface area (Å²) in [5.41, 5.74) is 2.45. The summed E-state index contributed by atoms with van der Waals surface area (Å²) in [6.07, 6.45) is 1.48. The van der Waals surface area contributed by atoms with Crippen molar-refractivity contribution in [1.82, 2.24) is 9.66 Å². The third kappa shape index (κ3) is 2.61. The van der Waals surface area contributed by atoms with E-state index in [1.807, 2.05) is 36.6 Å². The van der Waals surface area contributed by atoms with E-state index in [1.54, 1.807) is 0 Å². The summed E-state index contributed by atoms with van der Waals surface area (Å²) >= 11 is 1.37. The Labute approximate surface area is 165 Å². The fourth-order valence-electron chi connectivity index (χ4n) is 4.17. The van der Waals surface area contributed by atoms with Crippen molar-refractivity contribution in [3.05, 3.63) is 51.9 Å². The molecule has 2 aliphatic heterocycles. The summed E-state index contributed by atoms with van der Waals surface area (Å²) in [5.74, 6) is -0.612. The van der Waals surface area contributed by atoms with Crippen molar-refractivity contribution in [3.63, 3.8) is 0 Å². The second kappa shape index (κ2) is 5.99. The van der Waals surface area contributed by atoms with Crippen LogP contribution in [-0.4, -0.2) is 41.5 Å². The third-order valence-electron chi connectivity index (χ3n) is 5.52. The number of aromatic nitrogens is 2. The van der Waals surface area contributed by atoms with Gasteiger partial charge in [-0.3, -0.25) is 9.59 Å². The molecule has 28 heavy (non-hydrogen) atoms. The summed E-state index contributed by atoms with van der Waals surface area (Å²) in [6.45, 7) is 2.00. The number of carbonyl (C=O) groups excluding carboxylic acids is 1. The average molecular weight is 415 g/mol. The van der Waals surface area contributed by atoms with Gasteiger partial charge in [-0.05, 0) is 12.5 Å². The van der Waals surface area contributed by atoms with Gasteiger partial charge in [-0.15, -0.1) is 11.3 Å². The molecular weight excluding hydrogens is 398 g/mol. The van der Waals surface area contributed by atoms with Gasteiger partial charge in [0.25, 0.3) is 5.56 Å². The molecule has 7 nitrogen and oxygen atoms in total. The highest BCUT2D eigenvalue weighted by molar-refractivity contribution is 7.91. The van der Waals surface area contributed by atoms with Crippen molar-refractivity contribution in [2.24, 2.45) is 5.92 Å². The lowest BCUT2D eigenvalue weighted by atomic mass is 10.1. The van der Waals surface area contributed by atoms with Crippen LogP contribution >= 0.6 is 11.3 Å². The topological polar surface area (TPSA) is 89.3 Å². The zero-order valence-electron chi connectivity index (χ0n) is 15.0. The normalized spacial score (nSPS) is 23.5. The number of aryl methyl sites for hydroxylation is 1. The molecule has 0 bridgehead atoms. The molecule has 2 fully saturated rings. The Morgan fingerprint density at radius 1 is 1.14 bits per heavy atom. The molecule has 4 heterocycles. The Balaban J connectivity index is 1.66. The zero-order chi connectivity index (χ0) is 19.6.